The molecular weight excluding hydrogens is 293 g/mol. The molecule has 0 fully saturated rings. The van der Waals surface area contributed by atoms with Crippen molar-refractivity contribution in [3.8, 4) is 6.07 Å². The number of hydrogen-bond donors (Lipinski definition) is 0. The maximum absolute atomic E-state index is 12.8. The van der Waals surface area contributed by atoms with Gasteiger partial charge in [-0.15, -0.1) is 0 Å². The Bertz CT molecular complexity index is 720. The zero-order valence-corrected chi connectivity index (χ0v) is 12.5. The molecule has 0 aliphatic carbocycles. The van der Waals surface area contributed by atoms with Crippen molar-refractivity contribution in [2.75, 3.05) is 0 Å². The second-order valence-electron chi connectivity index (χ2n) is 4.09. The summed E-state index contributed by atoms with van der Waals surface area (Å²) in [6, 6.07) is 8.14. The van der Waals surface area contributed by atoms with Crippen LogP contribution in [0.25, 0.3) is 0 Å². The normalized spacial score (nSPS) is 10.8. The summed E-state index contributed by atoms with van der Waals surface area (Å²) >= 11 is 6.51. The van der Waals surface area contributed by atoms with Crippen LogP contribution in [-0.2, 0) is 6.54 Å². The molecule has 20 heavy (non-hydrogen) atoms. The highest BCUT2D eigenvalue weighted by Gasteiger charge is 2.10. The van der Waals surface area contributed by atoms with Gasteiger partial charge in [0, 0.05) is 12.8 Å². The number of halogens is 1. The van der Waals surface area contributed by atoms with E-state index in [0.29, 0.717) is 14.6 Å². The Balaban J connectivity index is 2.39. The van der Waals surface area contributed by atoms with E-state index in [0.717, 1.165) is 18.5 Å². The van der Waals surface area contributed by atoms with Gasteiger partial charge in [0.15, 0.2) is 14.6 Å². The molecule has 102 valence electrons. The van der Waals surface area contributed by atoms with Gasteiger partial charge in [-0.05, 0) is 36.3 Å². The molecule has 0 amide bonds. The van der Waals surface area contributed by atoms with Gasteiger partial charge in [0.25, 0.3) is 0 Å². The van der Waals surface area contributed by atoms with E-state index in [-0.39, 0.29) is 5.82 Å². The van der Waals surface area contributed by atoms with Crippen molar-refractivity contribution in [1.29, 1.82) is 5.26 Å². The molecule has 1 aromatic heterocycles. The first kappa shape index (κ1) is 14.6. The molecule has 0 bridgehead atoms. The standard InChI is InChI=1S/C14H12FN3S2/c1-2-7-18-13(12(8-16)20-14(18)19)17-9-10-3-5-11(15)6-4-10/h3-6,9H,2,7H2,1H3. The lowest BCUT2D eigenvalue weighted by atomic mass is 10.2. The van der Waals surface area contributed by atoms with Crippen molar-refractivity contribution in [3.63, 3.8) is 0 Å². The molecule has 0 unspecified atom stereocenters. The summed E-state index contributed by atoms with van der Waals surface area (Å²) in [7, 11) is 0. The number of rotatable bonds is 4. The highest BCUT2D eigenvalue weighted by Crippen LogP contribution is 2.27. The first-order valence-corrected chi connectivity index (χ1v) is 7.31. The average Bonchev–Trinajstić information content (AvgIpc) is 2.75. The van der Waals surface area contributed by atoms with Crippen LogP contribution < -0.4 is 0 Å². The van der Waals surface area contributed by atoms with Gasteiger partial charge in [0.1, 0.15) is 11.9 Å². The zero-order valence-electron chi connectivity index (χ0n) is 10.8. The van der Waals surface area contributed by atoms with Gasteiger partial charge in [0.2, 0.25) is 0 Å². The Labute approximate surface area is 125 Å². The van der Waals surface area contributed by atoms with Gasteiger partial charge in [0.05, 0.1) is 0 Å². The number of nitriles is 1. The number of aromatic nitrogens is 1. The summed E-state index contributed by atoms with van der Waals surface area (Å²) in [6.07, 6.45) is 2.53. The molecular formula is C14H12FN3S2. The van der Waals surface area contributed by atoms with E-state index in [2.05, 4.69) is 11.1 Å². The maximum atomic E-state index is 12.8. The van der Waals surface area contributed by atoms with Crippen LogP contribution in [0.5, 0.6) is 0 Å². The van der Waals surface area contributed by atoms with Crippen LogP contribution in [0.4, 0.5) is 10.2 Å². The summed E-state index contributed by atoms with van der Waals surface area (Å²) in [5, 5.41) is 9.14. The summed E-state index contributed by atoms with van der Waals surface area (Å²) < 4.78 is 15.3. The molecule has 3 nitrogen and oxygen atoms in total. The van der Waals surface area contributed by atoms with Crippen molar-refractivity contribution in [2.45, 2.75) is 19.9 Å². The third-order valence-corrected chi connectivity index (χ3v) is 3.97. The molecule has 0 radical (unpaired) electrons. The number of thiazole rings is 1. The highest BCUT2D eigenvalue weighted by atomic mass is 32.1. The minimum absolute atomic E-state index is 0.288. The second kappa shape index (κ2) is 6.55. The highest BCUT2D eigenvalue weighted by molar-refractivity contribution is 7.73. The van der Waals surface area contributed by atoms with E-state index in [1.165, 1.54) is 23.5 Å². The van der Waals surface area contributed by atoms with Gasteiger partial charge < -0.3 is 4.57 Å². The Morgan fingerprint density at radius 2 is 2.15 bits per heavy atom. The smallest absolute Gasteiger partial charge is 0.164 e. The minimum atomic E-state index is -0.288. The van der Waals surface area contributed by atoms with Gasteiger partial charge in [-0.2, -0.15) is 5.26 Å². The molecule has 6 heteroatoms. The van der Waals surface area contributed by atoms with Crippen molar-refractivity contribution in [2.24, 2.45) is 4.99 Å². The third-order valence-electron chi connectivity index (χ3n) is 2.62. The molecule has 0 saturated heterocycles. The minimum Gasteiger partial charge on any atom is -0.307 e. The average molecular weight is 305 g/mol. The van der Waals surface area contributed by atoms with E-state index in [1.807, 2.05) is 11.5 Å². The summed E-state index contributed by atoms with van der Waals surface area (Å²) in [5.41, 5.74) is 0.774. The fraction of sp³-hybridized carbons (Fsp3) is 0.214. The maximum Gasteiger partial charge on any atom is 0.164 e. The Morgan fingerprint density at radius 3 is 2.75 bits per heavy atom. The van der Waals surface area contributed by atoms with Crippen molar-refractivity contribution in [3.05, 3.63) is 44.5 Å². The molecule has 0 saturated carbocycles. The van der Waals surface area contributed by atoms with Crippen LogP contribution in [0.1, 0.15) is 23.8 Å². The fourth-order valence-corrected chi connectivity index (χ4v) is 2.89. The van der Waals surface area contributed by atoms with E-state index in [4.69, 9.17) is 17.5 Å². The molecule has 0 aliphatic rings. The van der Waals surface area contributed by atoms with Crippen LogP contribution in [0.3, 0.4) is 0 Å². The Morgan fingerprint density at radius 1 is 1.45 bits per heavy atom. The summed E-state index contributed by atoms with van der Waals surface area (Å²) in [4.78, 5) is 4.85. The lowest BCUT2D eigenvalue weighted by Crippen LogP contribution is -1.96. The van der Waals surface area contributed by atoms with Gasteiger partial charge >= 0.3 is 0 Å². The molecule has 1 aromatic carbocycles. The lowest BCUT2D eigenvalue weighted by Gasteiger charge is -2.02. The van der Waals surface area contributed by atoms with Crippen LogP contribution >= 0.6 is 23.6 Å². The molecule has 0 atom stereocenters. The van der Waals surface area contributed by atoms with Crippen LogP contribution in [0.15, 0.2) is 29.3 Å². The topological polar surface area (TPSA) is 41.1 Å². The monoisotopic (exact) mass is 305 g/mol. The van der Waals surface area contributed by atoms with E-state index in [1.54, 1.807) is 18.3 Å². The Hall–Kier alpha value is -1.84. The third kappa shape index (κ3) is 3.18. The van der Waals surface area contributed by atoms with Gasteiger partial charge in [-0.25, -0.2) is 9.38 Å². The molecule has 0 N–H and O–H groups in total. The van der Waals surface area contributed by atoms with E-state index >= 15 is 0 Å². The van der Waals surface area contributed by atoms with Gasteiger partial charge in [-0.1, -0.05) is 30.4 Å². The van der Waals surface area contributed by atoms with Gasteiger partial charge in [-0.3, -0.25) is 0 Å². The number of aliphatic imine (C=N–C) groups is 1. The van der Waals surface area contributed by atoms with Crippen molar-refractivity contribution in [1.82, 2.24) is 4.57 Å². The number of hydrogen-bond acceptors (Lipinski definition) is 4. The predicted molar refractivity (Wildman–Crippen MR) is 81.8 cm³/mol. The molecule has 0 spiro atoms. The zero-order chi connectivity index (χ0) is 14.5. The molecule has 0 aliphatic heterocycles. The van der Waals surface area contributed by atoms with E-state index < -0.39 is 0 Å². The molecule has 2 rings (SSSR count). The predicted octanol–water partition coefficient (Wildman–Crippen LogP) is 4.45. The van der Waals surface area contributed by atoms with Crippen LogP contribution in [0, 0.1) is 21.1 Å². The van der Waals surface area contributed by atoms with Crippen LogP contribution in [-0.4, -0.2) is 10.8 Å². The number of nitrogens with zero attached hydrogens (tertiary/aromatic N) is 3. The fourth-order valence-electron chi connectivity index (χ4n) is 1.70. The summed E-state index contributed by atoms with van der Waals surface area (Å²) in [6.45, 7) is 2.77. The van der Waals surface area contributed by atoms with Crippen LogP contribution in [0.2, 0.25) is 0 Å². The van der Waals surface area contributed by atoms with Crippen molar-refractivity contribution < 1.29 is 4.39 Å². The molecule has 1 heterocycles. The summed E-state index contributed by atoms with van der Waals surface area (Å²) in [5.74, 6) is 0.290. The first-order valence-electron chi connectivity index (χ1n) is 6.09. The SMILES string of the molecule is CCCn1c(N=Cc2ccc(F)cc2)c(C#N)sc1=S. The van der Waals surface area contributed by atoms with E-state index in [9.17, 15) is 4.39 Å². The Kier molecular flexibility index (Phi) is 4.77. The number of benzene rings is 1. The lowest BCUT2D eigenvalue weighted by molar-refractivity contribution is 0.628. The van der Waals surface area contributed by atoms with Crippen molar-refractivity contribution >= 4 is 35.6 Å². The second-order valence-corrected chi connectivity index (χ2v) is 5.74. The largest absolute Gasteiger partial charge is 0.307 e. The quantitative estimate of drug-likeness (QED) is 0.618. The molecule has 2 aromatic rings. The first-order chi connectivity index (χ1) is 9.65.